The summed E-state index contributed by atoms with van der Waals surface area (Å²) in [4.78, 5) is 0.481. The molecule has 3 N–H and O–H groups in total. The first-order valence-corrected chi connectivity index (χ1v) is 8.54. The number of aromatic nitrogens is 3. The van der Waals surface area contributed by atoms with Crippen LogP contribution in [0.5, 0.6) is 17.2 Å². The van der Waals surface area contributed by atoms with Gasteiger partial charge in [-0.15, -0.1) is 10.2 Å². The second-order valence-electron chi connectivity index (χ2n) is 5.87. The molecule has 2 aromatic carbocycles. The number of hydrogen-bond acceptors (Lipinski definition) is 7. The summed E-state index contributed by atoms with van der Waals surface area (Å²) in [7, 11) is 1.57. The minimum atomic E-state index is 0.214. The van der Waals surface area contributed by atoms with Gasteiger partial charge in [-0.3, -0.25) is 5.43 Å². The lowest BCUT2D eigenvalue weighted by molar-refractivity contribution is 0.174. The number of hydrogen-bond donors (Lipinski definition) is 2. The van der Waals surface area contributed by atoms with Gasteiger partial charge in [0.25, 0.3) is 0 Å². The largest absolute Gasteiger partial charge is 0.495 e. The number of nitrogens with one attached hydrogen (secondary N) is 1. The summed E-state index contributed by atoms with van der Waals surface area (Å²) in [6.45, 7) is 2.05. The summed E-state index contributed by atoms with van der Waals surface area (Å²) in [5.74, 6) is 3.24. The SMILES string of the molecule is COc1ccc(C(=S)Nn2c(C)nnc2-c2ccc3c(c2)OCO3)cc1N. The van der Waals surface area contributed by atoms with Crippen molar-refractivity contribution in [1.82, 2.24) is 14.9 Å². The van der Waals surface area contributed by atoms with Crippen molar-refractivity contribution >= 4 is 22.9 Å². The van der Waals surface area contributed by atoms with Crippen LogP contribution in [0.2, 0.25) is 0 Å². The fourth-order valence-electron chi connectivity index (χ4n) is 2.76. The number of ether oxygens (including phenoxy) is 3. The van der Waals surface area contributed by atoms with E-state index in [-0.39, 0.29) is 6.79 Å². The Morgan fingerprint density at radius 1 is 1.19 bits per heavy atom. The third kappa shape index (κ3) is 3.13. The Morgan fingerprint density at radius 3 is 2.78 bits per heavy atom. The molecule has 0 fully saturated rings. The zero-order chi connectivity index (χ0) is 19.0. The van der Waals surface area contributed by atoms with Gasteiger partial charge in [-0.1, -0.05) is 12.2 Å². The maximum Gasteiger partial charge on any atom is 0.231 e. The Hall–Kier alpha value is -3.33. The highest BCUT2D eigenvalue weighted by Gasteiger charge is 2.18. The van der Waals surface area contributed by atoms with Crippen LogP contribution in [0.1, 0.15) is 11.4 Å². The van der Waals surface area contributed by atoms with Crippen LogP contribution in [0, 0.1) is 6.92 Å². The monoisotopic (exact) mass is 383 g/mol. The normalized spacial score (nSPS) is 12.1. The van der Waals surface area contributed by atoms with E-state index < -0.39 is 0 Å². The first kappa shape index (κ1) is 17.1. The molecule has 4 rings (SSSR count). The highest BCUT2D eigenvalue weighted by atomic mass is 32.1. The third-order valence-corrected chi connectivity index (χ3v) is 4.49. The molecule has 0 amide bonds. The number of aryl methyl sites for hydroxylation is 1. The molecular weight excluding hydrogens is 366 g/mol. The van der Waals surface area contributed by atoms with E-state index in [0.717, 1.165) is 11.1 Å². The molecule has 0 unspecified atom stereocenters. The molecule has 2 heterocycles. The van der Waals surface area contributed by atoms with Crippen LogP contribution in [-0.4, -0.2) is 33.8 Å². The molecule has 0 radical (unpaired) electrons. The molecule has 0 bridgehead atoms. The maximum atomic E-state index is 5.98. The first-order chi connectivity index (χ1) is 13.1. The molecule has 1 aliphatic rings. The Balaban J connectivity index is 1.64. The fraction of sp³-hybridized carbons (Fsp3) is 0.167. The van der Waals surface area contributed by atoms with Crippen LogP contribution in [-0.2, 0) is 0 Å². The summed E-state index contributed by atoms with van der Waals surface area (Å²) in [5.41, 5.74) is 11.2. The van der Waals surface area contributed by atoms with E-state index in [0.29, 0.717) is 39.6 Å². The second-order valence-corrected chi connectivity index (χ2v) is 6.28. The van der Waals surface area contributed by atoms with E-state index in [1.807, 2.05) is 31.2 Å². The van der Waals surface area contributed by atoms with Crippen LogP contribution in [0.3, 0.4) is 0 Å². The highest BCUT2D eigenvalue weighted by molar-refractivity contribution is 7.81. The van der Waals surface area contributed by atoms with Gasteiger partial charge in [-0.2, -0.15) is 0 Å². The van der Waals surface area contributed by atoms with Gasteiger partial charge >= 0.3 is 0 Å². The molecular formula is C18H17N5O3S. The molecule has 1 aliphatic heterocycles. The van der Waals surface area contributed by atoms with Gasteiger partial charge < -0.3 is 19.9 Å². The van der Waals surface area contributed by atoms with Gasteiger partial charge in [0.05, 0.1) is 12.8 Å². The molecule has 0 saturated heterocycles. The van der Waals surface area contributed by atoms with E-state index >= 15 is 0 Å². The van der Waals surface area contributed by atoms with Gasteiger partial charge in [-0.05, 0) is 43.3 Å². The standard InChI is InChI=1S/C18H17N5O3S/c1-10-20-21-17(11-3-6-15-16(8-11)26-9-25-15)23(10)22-18(27)12-4-5-14(24-2)13(19)7-12/h3-8H,9,19H2,1-2H3,(H,22,27). The average molecular weight is 383 g/mol. The smallest absolute Gasteiger partial charge is 0.231 e. The summed E-state index contributed by atoms with van der Waals surface area (Å²) in [6.07, 6.45) is 0. The topological polar surface area (TPSA) is 96.5 Å². The number of nitrogens with two attached hydrogens (primary N) is 1. The minimum absolute atomic E-state index is 0.214. The quantitative estimate of drug-likeness (QED) is 0.524. The van der Waals surface area contributed by atoms with Crippen LogP contribution in [0.4, 0.5) is 5.69 Å². The number of benzene rings is 2. The number of methoxy groups -OCH3 is 1. The summed E-state index contributed by atoms with van der Waals surface area (Å²) in [5, 5.41) is 8.41. The maximum absolute atomic E-state index is 5.98. The van der Waals surface area contributed by atoms with Crippen molar-refractivity contribution in [2.24, 2.45) is 0 Å². The van der Waals surface area contributed by atoms with Crippen molar-refractivity contribution in [2.45, 2.75) is 6.92 Å². The molecule has 3 aromatic rings. The lowest BCUT2D eigenvalue weighted by Crippen LogP contribution is -2.24. The van der Waals surface area contributed by atoms with E-state index in [9.17, 15) is 0 Å². The molecule has 138 valence electrons. The van der Waals surface area contributed by atoms with Gasteiger partial charge in [-0.25, -0.2) is 4.68 Å². The molecule has 0 atom stereocenters. The fourth-order valence-corrected chi connectivity index (χ4v) is 2.98. The van der Waals surface area contributed by atoms with Crippen LogP contribution in [0.15, 0.2) is 36.4 Å². The van der Waals surface area contributed by atoms with Crippen molar-refractivity contribution < 1.29 is 14.2 Å². The first-order valence-electron chi connectivity index (χ1n) is 8.13. The predicted molar refractivity (Wildman–Crippen MR) is 105 cm³/mol. The number of nitrogen functional groups attached to an aromatic ring is 1. The second kappa shape index (κ2) is 6.76. The van der Waals surface area contributed by atoms with Crippen LogP contribution < -0.4 is 25.4 Å². The van der Waals surface area contributed by atoms with Crippen molar-refractivity contribution in [1.29, 1.82) is 0 Å². The van der Waals surface area contributed by atoms with E-state index in [1.165, 1.54) is 0 Å². The molecule has 8 nitrogen and oxygen atoms in total. The zero-order valence-corrected chi connectivity index (χ0v) is 15.5. The molecule has 27 heavy (non-hydrogen) atoms. The highest BCUT2D eigenvalue weighted by Crippen LogP contribution is 2.35. The van der Waals surface area contributed by atoms with E-state index in [4.69, 9.17) is 32.2 Å². The van der Waals surface area contributed by atoms with Crippen LogP contribution in [0.25, 0.3) is 11.4 Å². The minimum Gasteiger partial charge on any atom is -0.495 e. The molecule has 1 aromatic heterocycles. The number of anilines is 1. The van der Waals surface area contributed by atoms with Crippen molar-refractivity contribution in [2.75, 3.05) is 25.1 Å². The zero-order valence-electron chi connectivity index (χ0n) is 14.7. The Morgan fingerprint density at radius 2 is 2.00 bits per heavy atom. The van der Waals surface area contributed by atoms with Crippen molar-refractivity contribution in [3.8, 4) is 28.6 Å². The molecule has 0 aliphatic carbocycles. The van der Waals surface area contributed by atoms with Gasteiger partial charge in [0.15, 0.2) is 17.3 Å². The lowest BCUT2D eigenvalue weighted by atomic mass is 10.2. The summed E-state index contributed by atoms with van der Waals surface area (Å²) >= 11 is 5.53. The van der Waals surface area contributed by atoms with E-state index in [1.54, 1.807) is 23.9 Å². The number of thiocarbonyl (C=S) groups is 1. The summed E-state index contributed by atoms with van der Waals surface area (Å²) in [6, 6.07) is 11.0. The lowest BCUT2D eigenvalue weighted by Gasteiger charge is -2.14. The van der Waals surface area contributed by atoms with Crippen LogP contribution >= 0.6 is 12.2 Å². The average Bonchev–Trinajstić information content (AvgIpc) is 3.28. The molecule has 9 heteroatoms. The van der Waals surface area contributed by atoms with Gasteiger partial charge in [0.1, 0.15) is 16.6 Å². The molecule has 0 saturated carbocycles. The predicted octanol–water partition coefficient (Wildman–Crippen LogP) is 2.49. The van der Waals surface area contributed by atoms with Gasteiger partial charge in [0.2, 0.25) is 6.79 Å². The number of nitrogens with zero attached hydrogens (tertiary/aromatic N) is 3. The number of fused-ring (bicyclic) bond motifs is 1. The van der Waals surface area contributed by atoms with E-state index in [2.05, 4.69) is 15.6 Å². The van der Waals surface area contributed by atoms with Crippen molar-refractivity contribution in [3.05, 3.63) is 47.8 Å². The van der Waals surface area contributed by atoms with Crippen molar-refractivity contribution in [3.63, 3.8) is 0 Å². The molecule has 0 spiro atoms. The third-order valence-electron chi connectivity index (χ3n) is 4.16. The van der Waals surface area contributed by atoms with Gasteiger partial charge in [0, 0.05) is 11.1 Å². The Kier molecular flexibility index (Phi) is 4.28. The Bertz CT molecular complexity index is 1030. The number of rotatable bonds is 4. The Labute approximate surface area is 160 Å². The summed E-state index contributed by atoms with van der Waals surface area (Å²) < 4.78 is 17.7.